The van der Waals surface area contributed by atoms with E-state index in [0.717, 1.165) is 6.07 Å². The maximum Gasteiger partial charge on any atom is 0.433 e. The minimum absolute atomic E-state index is 0.0711. The number of pyridine rings is 1. The number of carbonyl (C=O) groups is 1. The molecule has 1 amide bonds. The average molecular weight is 395 g/mol. The van der Waals surface area contributed by atoms with Crippen molar-refractivity contribution < 1.29 is 22.7 Å². The molecule has 28 heavy (non-hydrogen) atoms. The van der Waals surface area contributed by atoms with Gasteiger partial charge in [-0.15, -0.1) is 5.10 Å². The molecule has 0 spiro atoms. The fourth-order valence-electron chi connectivity index (χ4n) is 2.07. The van der Waals surface area contributed by atoms with Crippen LogP contribution in [0.5, 0.6) is 11.6 Å². The van der Waals surface area contributed by atoms with Crippen LogP contribution in [0.25, 0.3) is 0 Å². The number of nitrogens with one attached hydrogen (secondary N) is 2. The molecule has 0 unspecified atom stereocenters. The SMILES string of the molecule is N=NN=C(N)CNC(=O)c1cccc(Oc2cc(CN)cc(C(F)(F)F)n2)c1. The number of hydrogen-bond acceptors (Lipinski definition) is 6. The highest BCUT2D eigenvalue weighted by Crippen LogP contribution is 2.31. The van der Waals surface area contributed by atoms with Crippen molar-refractivity contribution in [2.24, 2.45) is 21.8 Å². The number of nitrogens with zero attached hydrogens (tertiary/aromatic N) is 3. The van der Waals surface area contributed by atoms with E-state index in [0.29, 0.717) is 0 Å². The second-order valence-electron chi connectivity index (χ2n) is 5.40. The number of amidine groups is 1. The van der Waals surface area contributed by atoms with Gasteiger partial charge in [-0.05, 0) is 29.8 Å². The third kappa shape index (κ3) is 5.74. The maximum absolute atomic E-state index is 12.9. The third-order valence-electron chi connectivity index (χ3n) is 3.31. The zero-order valence-electron chi connectivity index (χ0n) is 14.3. The number of alkyl halides is 3. The first-order valence-electron chi connectivity index (χ1n) is 7.76. The van der Waals surface area contributed by atoms with Gasteiger partial charge in [-0.3, -0.25) is 4.79 Å². The van der Waals surface area contributed by atoms with Crippen molar-refractivity contribution in [1.82, 2.24) is 10.3 Å². The van der Waals surface area contributed by atoms with Crippen LogP contribution in [0.15, 0.2) is 46.7 Å². The predicted octanol–water partition coefficient (Wildman–Crippen LogP) is 2.38. The molecule has 6 N–H and O–H groups in total. The van der Waals surface area contributed by atoms with Gasteiger partial charge in [0, 0.05) is 18.2 Å². The summed E-state index contributed by atoms with van der Waals surface area (Å²) in [7, 11) is 0. The highest BCUT2D eigenvalue weighted by molar-refractivity contribution is 5.97. The highest BCUT2D eigenvalue weighted by Gasteiger charge is 2.33. The van der Waals surface area contributed by atoms with Crippen LogP contribution in [0.3, 0.4) is 0 Å². The average Bonchev–Trinajstić information content (AvgIpc) is 2.65. The molecule has 0 aliphatic carbocycles. The van der Waals surface area contributed by atoms with Gasteiger partial charge in [0.15, 0.2) is 0 Å². The van der Waals surface area contributed by atoms with Crippen molar-refractivity contribution in [2.45, 2.75) is 12.7 Å². The molecular formula is C16H16F3N7O2. The number of carbonyl (C=O) groups excluding carboxylic acids is 1. The van der Waals surface area contributed by atoms with Gasteiger partial charge in [-0.2, -0.15) is 18.7 Å². The van der Waals surface area contributed by atoms with Crippen molar-refractivity contribution in [3.05, 3.63) is 53.2 Å². The molecule has 1 aromatic carbocycles. The molecule has 0 bridgehead atoms. The Balaban J connectivity index is 2.20. The van der Waals surface area contributed by atoms with Crippen LogP contribution in [-0.2, 0) is 12.7 Å². The summed E-state index contributed by atoms with van der Waals surface area (Å²) in [6, 6.07) is 7.85. The van der Waals surface area contributed by atoms with E-state index in [2.05, 4.69) is 20.6 Å². The number of benzene rings is 1. The van der Waals surface area contributed by atoms with Crippen molar-refractivity contribution in [3.8, 4) is 11.6 Å². The summed E-state index contributed by atoms with van der Waals surface area (Å²) < 4.78 is 44.2. The van der Waals surface area contributed by atoms with E-state index in [1.54, 1.807) is 0 Å². The Bertz CT molecular complexity index is 900. The number of hydrogen-bond donors (Lipinski definition) is 4. The van der Waals surface area contributed by atoms with Gasteiger partial charge in [-0.1, -0.05) is 11.3 Å². The van der Waals surface area contributed by atoms with Crippen LogP contribution < -0.4 is 21.5 Å². The number of rotatable bonds is 7. The Kier molecular flexibility index (Phi) is 6.60. The third-order valence-corrected chi connectivity index (χ3v) is 3.31. The predicted molar refractivity (Wildman–Crippen MR) is 92.7 cm³/mol. The lowest BCUT2D eigenvalue weighted by Gasteiger charge is -2.12. The van der Waals surface area contributed by atoms with E-state index in [-0.39, 0.29) is 41.7 Å². The van der Waals surface area contributed by atoms with Crippen LogP contribution in [0.1, 0.15) is 21.6 Å². The molecular weight excluding hydrogens is 379 g/mol. The molecule has 0 radical (unpaired) electrons. The standard InChI is InChI=1S/C16H16F3N7O2/c17-16(18,19)12-4-9(7-20)5-14(24-12)28-11-3-1-2-10(6-11)15(27)23-8-13(21)25-26-22/h1-6H,7-8,20H2,(H,23,27)(H3,21,22,25). The van der Waals surface area contributed by atoms with Gasteiger partial charge in [0.05, 0.1) is 6.54 Å². The van der Waals surface area contributed by atoms with E-state index < -0.39 is 17.8 Å². The van der Waals surface area contributed by atoms with E-state index in [4.69, 9.17) is 21.7 Å². The maximum atomic E-state index is 12.9. The molecule has 0 aliphatic heterocycles. The molecule has 12 heteroatoms. The van der Waals surface area contributed by atoms with Gasteiger partial charge >= 0.3 is 6.18 Å². The summed E-state index contributed by atoms with van der Waals surface area (Å²) in [5.74, 6) is -0.807. The summed E-state index contributed by atoms with van der Waals surface area (Å²) in [5.41, 5.74) is 16.6. The van der Waals surface area contributed by atoms with Crippen LogP contribution in [-0.4, -0.2) is 23.3 Å². The van der Waals surface area contributed by atoms with E-state index in [1.807, 2.05) is 0 Å². The smallest absolute Gasteiger partial charge is 0.433 e. The largest absolute Gasteiger partial charge is 0.439 e. The zero-order chi connectivity index (χ0) is 20.7. The molecule has 1 heterocycles. The number of amides is 1. The fraction of sp³-hybridized carbons (Fsp3) is 0.188. The second-order valence-corrected chi connectivity index (χ2v) is 5.40. The topological polar surface area (TPSA) is 152 Å². The minimum atomic E-state index is -4.65. The molecule has 2 aromatic rings. The number of ether oxygens (including phenoxy) is 1. The Labute approximate surface area is 157 Å². The summed E-state index contributed by atoms with van der Waals surface area (Å²) in [6.45, 7) is -0.265. The summed E-state index contributed by atoms with van der Waals surface area (Å²) in [5, 5.41) is 8.42. The molecule has 1 aromatic heterocycles. The van der Waals surface area contributed by atoms with Gasteiger partial charge < -0.3 is 21.5 Å². The lowest BCUT2D eigenvalue weighted by atomic mass is 10.2. The first-order chi connectivity index (χ1) is 13.2. The lowest BCUT2D eigenvalue weighted by Crippen LogP contribution is -2.33. The molecule has 0 fully saturated rings. The van der Waals surface area contributed by atoms with Crippen molar-refractivity contribution in [2.75, 3.05) is 6.54 Å². The van der Waals surface area contributed by atoms with Crippen LogP contribution >= 0.6 is 0 Å². The van der Waals surface area contributed by atoms with Crippen molar-refractivity contribution in [3.63, 3.8) is 0 Å². The molecule has 0 atom stereocenters. The summed E-state index contributed by atoms with van der Waals surface area (Å²) in [6.07, 6.45) is -4.65. The van der Waals surface area contributed by atoms with Crippen LogP contribution in [0.4, 0.5) is 13.2 Å². The molecule has 0 saturated carbocycles. The van der Waals surface area contributed by atoms with Gasteiger partial charge in [0.25, 0.3) is 5.91 Å². The lowest BCUT2D eigenvalue weighted by molar-refractivity contribution is -0.141. The highest BCUT2D eigenvalue weighted by atomic mass is 19.4. The monoisotopic (exact) mass is 395 g/mol. The Morgan fingerprint density at radius 2 is 2.04 bits per heavy atom. The summed E-state index contributed by atoms with van der Waals surface area (Å²) >= 11 is 0. The van der Waals surface area contributed by atoms with Crippen molar-refractivity contribution >= 4 is 11.7 Å². The molecule has 9 nitrogen and oxygen atoms in total. The van der Waals surface area contributed by atoms with Gasteiger partial charge in [0.1, 0.15) is 17.3 Å². The molecule has 0 aliphatic rings. The first kappa shape index (κ1) is 20.8. The van der Waals surface area contributed by atoms with E-state index >= 15 is 0 Å². The Morgan fingerprint density at radius 3 is 2.68 bits per heavy atom. The molecule has 148 valence electrons. The van der Waals surface area contributed by atoms with Crippen LogP contribution in [0.2, 0.25) is 0 Å². The van der Waals surface area contributed by atoms with Gasteiger partial charge in [-0.25, -0.2) is 4.98 Å². The normalized spacial score (nSPS) is 11.8. The van der Waals surface area contributed by atoms with E-state index in [9.17, 15) is 18.0 Å². The van der Waals surface area contributed by atoms with E-state index in [1.165, 1.54) is 30.3 Å². The van der Waals surface area contributed by atoms with Gasteiger partial charge in [0.2, 0.25) is 5.88 Å². The Hall–Kier alpha value is -3.54. The molecule has 2 rings (SSSR count). The first-order valence-corrected chi connectivity index (χ1v) is 7.76. The minimum Gasteiger partial charge on any atom is -0.439 e. The quantitative estimate of drug-likeness (QED) is 0.245. The van der Waals surface area contributed by atoms with Crippen molar-refractivity contribution in [1.29, 1.82) is 5.53 Å². The number of aromatic nitrogens is 1. The fourth-order valence-corrected chi connectivity index (χ4v) is 2.07. The molecule has 0 saturated heterocycles. The summed E-state index contributed by atoms with van der Waals surface area (Å²) in [4.78, 5) is 15.5. The zero-order valence-corrected chi connectivity index (χ0v) is 14.3. The number of halogens is 3. The second kappa shape index (κ2) is 8.90. The number of nitrogens with two attached hydrogens (primary N) is 2. The Morgan fingerprint density at radius 1 is 1.29 bits per heavy atom. The van der Waals surface area contributed by atoms with Crippen LogP contribution in [0, 0.1) is 5.53 Å².